The lowest BCUT2D eigenvalue weighted by molar-refractivity contribution is -0.137. The lowest BCUT2D eigenvalue weighted by Gasteiger charge is -2.29. The van der Waals surface area contributed by atoms with Gasteiger partial charge in [0.15, 0.2) is 0 Å². The fourth-order valence-corrected chi connectivity index (χ4v) is 4.52. The standard InChI is InChI=1S/C26H28F3N3O3/c1-17-23(31-11-13-35-14-12-31)18(2)32(16-19-5-4-6-20(15-19)26(27,28)29)24(17)25(33)30-21-7-9-22(34-3)10-8-21/h4-10,15H,11-14,16H2,1-3H3,(H,30,33). The SMILES string of the molecule is COc1ccc(NC(=O)c2c(C)c(N3CCOCC3)c(C)n2Cc2cccc(C(F)(F)F)c2)cc1. The number of benzene rings is 2. The summed E-state index contributed by atoms with van der Waals surface area (Å²) in [6.45, 7) is 6.41. The maximum atomic E-state index is 13.5. The van der Waals surface area contributed by atoms with Gasteiger partial charge in [-0.3, -0.25) is 4.79 Å². The monoisotopic (exact) mass is 487 g/mol. The minimum Gasteiger partial charge on any atom is -0.497 e. The van der Waals surface area contributed by atoms with Crippen molar-refractivity contribution >= 4 is 17.3 Å². The molecule has 6 nitrogen and oxygen atoms in total. The molecule has 0 atom stereocenters. The van der Waals surface area contributed by atoms with Gasteiger partial charge in [0.2, 0.25) is 0 Å². The van der Waals surface area contributed by atoms with Crippen LogP contribution >= 0.6 is 0 Å². The van der Waals surface area contributed by atoms with Crippen molar-refractivity contribution in [1.29, 1.82) is 0 Å². The van der Waals surface area contributed by atoms with E-state index in [-0.39, 0.29) is 12.5 Å². The number of alkyl halides is 3. The van der Waals surface area contributed by atoms with Crippen LogP contribution < -0.4 is 15.0 Å². The van der Waals surface area contributed by atoms with Gasteiger partial charge in [0.05, 0.1) is 31.6 Å². The van der Waals surface area contributed by atoms with Gasteiger partial charge >= 0.3 is 6.18 Å². The van der Waals surface area contributed by atoms with Gasteiger partial charge in [-0.25, -0.2) is 0 Å². The number of rotatable bonds is 6. The Hall–Kier alpha value is -3.46. The summed E-state index contributed by atoms with van der Waals surface area (Å²) in [4.78, 5) is 15.7. The zero-order valence-corrected chi connectivity index (χ0v) is 19.9. The first-order valence-corrected chi connectivity index (χ1v) is 11.3. The Morgan fingerprint density at radius 1 is 1.09 bits per heavy atom. The van der Waals surface area contributed by atoms with Crippen LogP contribution in [0.5, 0.6) is 5.75 Å². The van der Waals surface area contributed by atoms with Crippen molar-refractivity contribution in [2.75, 3.05) is 43.6 Å². The highest BCUT2D eigenvalue weighted by Gasteiger charge is 2.31. The number of carbonyl (C=O) groups is 1. The van der Waals surface area contributed by atoms with E-state index in [0.29, 0.717) is 49.0 Å². The molecule has 186 valence electrons. The maximum Gasteiger partial charge on any atom is 0.416 e. The van der Waals surface area contributed by atoms with Crippen molar-refractivity contribution in [3.63, 3.8) is 0 Å². The van der Waals surface area contributed by atoms with E-state index in [1.807, 2.05) is 13.8 Å². The molecule has 1 aliphatic heterocycles. The Morgan fingerprint density at radius 2 is 1.77 bits per heavy atom. The topological polar surface area (TPSA) is 55.7 Å². The predicted octanol–water partition coefficient (Wildman–Crippen LogP) is 5.27. The summed E-state index contributed by atoms with van der Waals surface area (Å²) in [7, 11) is 1.56. The molecule has 0 radical (unpaired) electrons. The average Bonchev–Trinajstić information content (AvgIpc) is 3.09. The Labute approximate surface area is 202 Å². The summed E-state index contributed by atoms with van der Waals surface area (Å²) in [5, 5.41) is 2.92. The first kappa shape index (κ1) is 24.7. The second kappa shape index (κ2) is 10.0. The lowest BCUT2D eigenvalue weighted by atomic mass is 10.1. The summed E-state index contributed by atoms with van der Waals surface area (Å²) < 4.78 is 52.4. The van der Waals surface area contributed by atoms with Crippen LogP contribution in [0.1, 0.15) is 32.9 Å². The lowest BCUT2D eigenvalue weighted by Crippen LogP contribution is -2.36. The van der Waals surface area contributed by atoms with E-state index in [1.54, 1.807) is 42.0 Å². The van der Waals surface area contributed by atoms with Crippen LogP contribution in [0.2, 0.25) is 0 Å². The van der Waals surface area contributed by atoms with Crippen molar-refractivity contribution in [1.82, 2.24) is 4.57 Å². The molecule has 0 bridgehead atoms. The van der Waals surface area contributed by atoms with E-state index in [9.17, 15) is 18.0 Å². The van der Waals surface area contributed by atoms with Crippen molar-refractivity contribution < 1.29 is 27.4 Å². The molecule has 2 aromatic carbocycles. The summed E-state index contributed by atoms with van der Waals surface area (Å²) in [5.41, 5.74) is 3.27. The number of carbonyl (C=O) groups excluding carboxylic acids is 1. The van der Waals surface area contributed by atoms with Gasteiger partial charge in [0.25, 0.3) is 5.91 Å². The number of aromatic nitrogens is 1. The molecule has 4 rings (SSSR count). The summed E-state index contributed by atoms with van der Waals surface area (Å²) in [6, 6.07) is 12.2. The first-order valence-electron chi connectivity index (χ1n) is 11.3. The van der Waals surface area contributed by atoms with Gasteiger partial charge < -0.3 is 24.3 Å². The quantitative estimate of drug-likeness (QED) is 0.515. The van der Waals surface area contributed by atoms with Crippen LogP contribution in [0, 0.1) is 13.8 Å². The molecule has 0 aliphatic carbocycles. The molecule has 3 aromatic rings. The van der Waals surface area contributed by atoms with Gasteiger partial charge in [-0.05, 0) is 55.8 Å². The van der Waals surface area contributed by atoms with Crippen LogP contribution in [0.15, 0.2) is 48.5 Å². The highest BCUT2D eigenvalue weighted by Crippen LogP contribution is 2.34. The average molecular weight is 488 g/mol. The highest BCUT2D eigenvalue weighted by atomic mass is 19.4. The maximum absolute atomic E-state index is 13.5. The zero-order chi connectivity index (χ0) is 25.2. The fraction of sp³-hybridized carbons (Fsp3) is 0.346. The summed E-state index contributed by atoms with van der Waals surface area (Å²) in [5.74, 6) is 0.333. The molecule has 1 N–H and O–H groups in total. The van der Waals surface area contributed by atoms with Crippen LogP contribution in [-0.4, -0.2) is 43.9 Å². The second-order valence-corrected chi connectivity index (χ2v) is 8.47. The number of hydrogen-bond acceptors (Lipinski definition) is 4. The molecule has 1 fully saturated rings. The first-order chi connectivity index (χ1) is 16.7. The molecule has 0 spiro atoms. The van der Waals surface area contributed by atoms with E-state index in [2.05, 4.69) is 10.2 Å². The van der Waals surface area contributed by atoms with E-state index in [0.717, 1.165) is 29.1 Å². The molecule has 1 amide bonds. The van der Waals surface area contributed by atoms with Gasteiger partial charge in [-0.15, -0.1) is 0 Å². The normalized spacial score (nSPS) is 14.2. The van der Waals surface area contributed by atoms with E-state index >= 15 is 0 Å². The molecule has 1 saturated heterocycles. The molecule has 2 heterocycles. The minimum atomic E-state index is -4.44. The predicted molar refractivity (Wildman–Crippen MR) is 128 cm³/mol. The molecule has 0 saturated carbocycles. The van der Waals surface area contributed by atoms with Gasteiger partial charge in [0.1, 0.15) is 11.4 Å². The number of nitrogens with one attached hydrogen (secondary N) is 1. The smallest absolute Gasteiger partial charge is 0.416 e. The van der Waals surface area contributed by atoms with Crippen LogP contribution in [0.4, 0.5) is 24.5 Å². The van der Waals surface area contributed by atoms with Gasteiger partial charge in [-0.1, -0.05) is 12.1 Å². The van der Waals surface area contributed by atoms with Crippen LogP contribution in [0.25, 0.3) is 0 Å². The van der Waals surface area contributed by atoms with E-state index < -0.39 is 11.7 Å². The van der Waals surface area contributed by atoms with E-state index in [4.69, 9.17) is 9.47 Å². The zero-order valence-electron chi connectivity index (χ0n) is 19.9. The molecule has 1 aliphatic rings. The largest absolute Gasteiger partial charge is 0.497 e. The summed E-state index contributed by atoms with van der Waals surface area (Å²) >= 11 is 0. The number of nitrogens with zero attached hydrogens (tertiary/aromatic N) is 2. The number of anilines is 2. The molecule has 1 aromatic heterocycles. The van der Waals surface area contributed by atoms with Crippen LogP contribution in [0.3, 0.4) is 0 Å². The molecular weight excluding hydrogens is 459 g/mol. The Morgan fingerprint density at radius 3 is 2.40 bits per heavy atom. The summed E-state index contributed by atoms with van der Waals surface area (Å²) in [6.07, 6.45) is -4.44. The Bertz CT molecular complexity index is 1200. The number of ether oxygens (including phenoxy) is 2. The molecule has 0 unspecified atom stereocenters. The third-order valence-corrected chi connectivity index (χ3v) is 6.21. The third-order valence-electron chi connectivity index (χ3n) is 6.21. The fourth-order valence-electron chi connectivity index (χ4n) is 4.52. The number of methoxy groups -OCH3 is 1. The second-order valence-electron chi connectivity index (χ2n) is 8.47. The Kier molecular flexibility index (Phi) is 7.07. The van der Waals surface area contributed by atoms with Crippen molar-refractivity contribution in [2.24, 2.45) is 0 Å². The van der Waals surface area contributed by atoms with Gasteiger partial charge in [-0.2, -0.15) is 13.2 Å². The number of halogens is 3. The molecule has 9 heteroatoms. The van der Waals surface area contributed by atoms with Crippen LogP contribution in [-0.2, 0) is 17.5 Å². The van der Waals surface area contributed by atoms with Crippen molar-refractivity contribution in [3.8, 4) is 5.75 Å². The molecular formula is C26H28F3N3O3. The van der Waals surface area contributed by atoms with Crippen molar-refractivity contribution in [2.45, 2.75) is 26.6 Å². The van der Waals surface area contributed by atoms with Crippen molar-refractivity contribution in [3.05, 3.63) is 76.6 Å². The number of hydrogen-bond donors (Lipinski definition) is 1. The number of morpholine rings is 1. The number of amides is 1. The van der Waals surface area contributed by atoms with E-state index in [1.165, 1.54) is 6.07 Å². The minimum absolute atomic E-state index is 0.131. The highest BCUT2D eigenvalue weighted by molar-refractivity contribution is 6.05. The van der Waals surface area contributed by atoms with Gasteiger partial charge in [0, 0.05) is 36.6 Å². The Balaban J connectivity index is 1.74. The third kappa shape index (κ3) is 5.30. The molecule has 35 heavy (non-hydrogen) atoms.